The number of anilines is 3. The van der Waals surface area contributed by atoms with E-state index in [1.165, 1.54) is 11.3 Å². The molecule has 0 spiro atoms. The second-order valence-electron chi connectivity index (χ2n) is 7.46. The molecule has 0 saturated carbocycles. The molecule has 1 saturated heterocycles. The third kappa shape index (κ3) is 3.74. The Bertz CT molecular complexity index is 1150. The number of ether oxygens (including phenoxy) is 1. The molecule has 6 nitrogen and oxygen atoms in total. The summed E-state index contributed by atoms with van der Waals surface area (Å²) in [6, 6.07) is 17.0. The number of nitrogens with zero attached hydrogens (tertiary/aromatic N) is 4. The summed E-state index contributed by atoms with van der Waals surface area (Å²) in [4.78, 5) is 11.7. The van der Waals surface area contributed by atoms with Crippen molar-refractivity contribution in [3.63, 3.8) is 0 Å². The Morgan fingerprint density at radius 2 is 1.90 bits per heavy atom. The number of aromatic nitrogens is 3. The summed E-state index contributed by atoms with van der Waals surface area (Å²) in [5.41, 5.74) is 6.34. The zero-order chi connectivity index (χ0) is 20.3. The quantitative estimate of drug-likeness (QED) is 0.534. The van der Waals surface area contributed by atoms with Crippen LogP contribution >= 0.6 is 0 Å². The number of aryl methyl sites for hydroxylation is 1. The third-order valence-electron chi connectivity index (χ3n) is 5.51. The molecule has 2 aromatic carbocycles. The normalized spacial score (nSPS) is 14.2. The summed E-state index contributed by atoms with van der Waals surface area (Å²) in [5.74, 6) is 0.749. The van der Waals surface area contributed by atoms with Gasteiger partial charge in [-0.3, -0.25) is 0 Å². The molecule has 1 aliphatic heterocycles. The predicted molar refractivity (Wildman–Crippen MR) is 121 cm³/mol. The molecule has 1 N–H and O–H groups in total. The molecule has 0 amide bonds. The van der Waals surface area contributed by atoms with Crippen molar-refractivity contribution in [1.82, 2.24) is 14.4 Å². The van der Waals surface area contributed by atoms with Crippen molar-refractivity contribution in [3.05, 3.63) is 72.7 Å². The Balaban J connectivity index is 1.45. The lowest BCUT2D eigenvalue weighted by Gasteiger charge is -2.28. The maximum atomic E-state index is 5.45. The molecule has 0 bridgehead atoms. The van der Waals surface area contributed by atoms with Gasteiger partial charge in [0.2, 0.25) is 0 Å². The minimum atomic E-state index is 0.749. The van der Waals surface area contributed by atoms with E-state index >= 15 is 0 Å². The van der Waals surface area contributed by atoms with Gasteiger partial charge in [-0.05, 0) is 42.3 Å². The molecular formula is C24H25N5O. The highest BCUT2D eigenvalue weighted by molar-refractivity contribution is 5.74. The van der Waals surface area contributed by atoms with Gasteiger partial charge >= 0.3 is 0 Å². The topological polar surface area (TPSA) is 54.7 Å². The lowest BCUT2D eigenvalue weighted by molar-refractivity contribution is 0.122. The Kier molecular flexibility index (Phi) is 5.07. The van der Waals surface area contributed by atoms with Crippen LogP contribution in [0, 0.1) is 0 Å². The van der Waals surface area contributed by atoms with Crippen molar-refractivity contribution in [2.45, 2.75) is 13.3 Å². The summed E-state index contributed by atoms with van der Waals surface area (Å²) in [7, 11) is 0. The van der Waals surface area contributed by atoms with E-state index in [1.807, 2.05) is 16.8 Å². The average molecular weight is 399 g/mol. The Hall–Kier alpha value is -3.38. The highest BCUT2D eigenvalue weighted by Crippen LogP contribution is 2.26. The van der Waals surface area contributed by atoms with Crippen LogP contribution in [0.3, 0.4) is 0 Å². The lowest BCUT2D eigenvalue weighted by atomic mass is 10.1. The Morgan fingerprint density at radius 1 is 1.07 bits per heavy atom. The van der Waals surface area contributed by atoms with Gasteiger partial charge in [-0.15, -0.1) is 0 Å². The van der Waals surface area contributed by atoms with Crippen LogP contribution in [0.2, 0.25) is 0 Å². The molecule has 2 aromatic heterocycles. The van der Waals surface area contributed by atoms with Crippen LogP contribution in [-0.4, -0.2) is 40.7 Å². The first-order valence-corrected chi connectivity index (χ1v) is 10.4. The molecule has 30 heavy (non-hydrogen) atoms. The second-order valence-corrected chi connectivity index (χ2v) is 7.46. The van der Waals surface area contributed by atoms with Crippen LogP contribution in [0.5, 0.6) is 0 Å². The molecule has 0 radical (unpaired) electrons. The monoisotopic (exact) mass is 399 g/mol. The van der Waals surface area contributed by atoms with Crippen LogP contribution in [0.25, 0.3) is 16.9 Å². The third-order valence-corrected chi connectivity index (χ3v) is 5.51. The Labute approximate surface area is 176 Å². The maximum Gasteiger partial charge on any atom is 0.180 e. The van der Waals surface area contributed by atoms with Crippen molar-refractivity contribution in [2.24, 2.45) is 0 Å². The molecule has 1 aliphatic rings. The first-order valence-electron chi connectivity index (χ1n) is 10.4. The zero-order valence-electron chi connectivity index (χ0n) is 17.1. The SMILES string of the molecule is CCc1cccc(-c2cn3ccnc3c(Nc3ccc(N4CCOCC4)cc3)n2)c1. The van der Waals surface area contributed by atoms with E-state index in [0.29, 0.717) is 0 Å². The van der Waals surface area contributed by atoms with E-state index in [0.717, 1.165) is 61.1 Å². The molecule has 4 aromatic rings. The summed E-state index contributed by atoms with van der Waals surface area (Å²) >= 11 is 0. The van der Waals surface area contributed by atoms with Crippen molar-refractivity contribution in [2.75, 3.05) is 36.5 Å². The van der Waals surface area contributed by atoms with Crippen molar-refractivity contribution in [1.29, 1.82) is 0 Å². The van der Waals surface area contributed by atoms with Crippen molar-refractivity contribution < 1.29 is 4.74 Å². The van der Waals surface area contributed by atoms with Crippen LogP contribution < -0.4 is 10.2 Å². The standard InChI is InChI=1S/C24H25N5O/c1-2-18-4-3-5-19(16-18)22-17-29-11-10-25-24(29)23(27-22)26-20-6-8-21(9-7-20)28-12-14-30-15-13-28/h3-11,16-17H,2,12-15H2,1H3,(H,26,27). The lowest BCUT2D eigenvalue weighted by Crippen LogP contribution is -2.36. The van der Waals surface area contributed by atoms with Crippen LogP contribution in [0.4, 0.5) is 17.2 Å². The van der Waals surface area contributed by atoms with Crippen LogP contribution in [0.15, 0.2) is 67.1 Å². The van der Waals surface area contributed by atoms with Gasteiger partial charge in [-0.2, -0.15) is 0 Å². The zero-order valence-corrected chi connectivity index (χ0v) is 17.1. The summed E-state index contributed by atoms with van der Waals surface area (Å²) in [5, 5.41) is 3.46. The summed E-state index contributed by atoms with van der Waals surface area (Å²) in [6.07, 6.45) is 6.79. The van der Waals surface area contributed by atoms with E-state index < -0.39 is 0 Å². The first kappa shape index (κ1) is 18.6. The van der Waals surface area contributed by atoms with Gasteiger partial charge in [0.25, 0.3) is 0 Å². The highest BCUT2D eigenvalue weighted by Gasteiger charge is 2.12. The fourth-order valence-electron chi connectivity index (χ4n) is 3.82. The van der Waals surface area contributed by atoms with Crippen molar-refractivity contribution >= 4 is 22.8 Å². The molecular weight excluding hydrogens is 374 g/mol. The minimum absolute atomic E-state index is 0.749. The number of rotatable bonds is 5. The van der Waals surface area contributed by atoms with Crippen LogP contribution in [0.1, 0.15) is 12.5 Å². The van der Waals surface area contributed by atoms with Gasteiger partial charge in [0.15, 0.2) is 11.5 Å². The predicted octanol–water partition coefficient (Wildman–Crippen LogP) is 4.54. The molecule has 0 unspecified atom stereocenters. The number of fused-ring (bicyclic) bond motifs is 1. The molecule has 0 atom stereocenters. The molecule has 5 rings (SSSR count). The molecule has 6 heteroatoms. The number of benzene rings is 2. The van der Waals surface area contributed by atoms with Gasteiger partial charge in [-0.1, -0.05) is 25.1 Å². The van der Waals surface area contributed by atoms with Crippen molar-refractivity contribution in [3.8, 4) is 11.3 Å². The van der Waals surface area contributed by atoms with E-state index in [1.54, 1.807) is 6.20 Å². The number of hydrogen-bond donors (Lipinski definition) is 1. The maximum absolute atomic E-state index is 5.45. The van der Waals surface area contributed by atoms with Gasteiger partial charge in [-0.25, -0.2) is 9.97 Å². The van der Waals surface area contributed by atoms with Gasteiger partial charge < -0.3 is 19.4 Å². The van der Waals surface area contributed by atoms with Gasteiger partial charge in [0, 0.05) is 48.6 Å². The summed E-state index contributed by atoms with van der Waals surface area (Å²) in [6.45, 7) is 5.60. The largest absolute Gasteiger partial charge is 0.378 e. The first-order chi connectivity index (χ1) is 14.8. The second kappa shape index (κ2) is 8.16. The minimum Gasteiger partial charge on any atom is -0.378 e. The van der Waals surface area contributed by atoms with Gasteiger partial charge in [0.05, 0.1) is 18.9 Å². The smallest absolute Gasteiger partial charge is 0.180 e. The van der Waals surface area contributed by atoms with Crippen LogP contribution in [-0.2, 0) is 11.2 Å². The van der Waals surface area contributed by atoms with E-state index in [-0.39, 0.29) is 0 Å². The molecule has 3 heterocycles. The highest BCUT2D eigenvalue weighted by atomic mass is 16.5. The fraction of sp³-hybridized carbons (Fsp3) is 0.250. The number of morpholine rings is 1. The summed E-state index contributed by atoms with van der Waals surface area (Å²) < 4.78 is 7.47. The number of nitrogens with one attached hydrogen (secondary N) is 1. The fourth-order valence-corrected chi connectivity index (χ4v) is 3.82. The molecule has 152 valence electrons. The van der Waals surface area contributed by atoms with E-state index in [9.17, 15) is 0 Å². The molecule has 1 fully saturated rings. The van der Waals surface area contributed by atoms with E-state index in [4.69, 9.17) is 9.72 Å². The van der Waals surface area contributed by atoms with Gasteiger partial charge in [0.1, 0.15) is 0 Å². The van der Waals surface area contributed by atoms with E-state index in [2.05, 4.69) is 70.7 Å². The number of imidazole rings is 1. The molecule has 0 aliphatic carbocycles. The average Bonchev–Trinajstić information content (AvgIpc) is 3.29. The number of hydrogen-bond acceptors (Lipinski definition) is 5. The Morgan fingerprint density at radius 3 is 2.70 bits per heavy atom.